The Morgan fingerprint density at radius 3 is 2.42 bits per heavy atom. The van der Waals surface area contributed by atoms with Crippen LogP contribution in [0.15, 0.2) is 24.8 Å². The molecule has 0 bridgehead atoms. The Balaban J connectivity index is 3.91. The van der Waals surface area contributed by atoms with Crippen molar-refractivity contribution in [2.45, 2.75) is 25.8 Å². The summed E-state index contributed by atoms with van der Waals surface area (Å²) in [5, 5.41) is 0. The number of halogens is 3. The summed E-state index contributed by atoms with van der Waals surface area (Å²) >= 11 is 0. The van der Waals surface area contributed by atoms with E-state index in [0.717, 1.165) is 6.08 Å². The molecular formula is C8H11F3O. The SMILES string of the molecule is C=CC(C/C=C/C)OC(F)(F)F. The monoisotopic (exact) mass is 180 g/mol. The van der Waals surface area contributed by atoms with Gasteiger partial charge in [-0.1, -0.05) is 18.2 Å². The first-order valence-electron chi connectivity index (χ1n) is 3.48. The third-order valence-electron chi connectivity index (χ3n) is 1.15. The summed E-state index contributed by atoms with van der Waals surface area (Å²) in [5.41, 5.74) is 0. The molecule has 0 fully saturated rings. The largest absolute Gasteiger partial charge is 0.523 e. The van der Waals surface area contributed by atoms with Crippen LogP contribution in [0, 0.1) is 0 Å². The summed E-state index contributed by atoms with van der Waals surface area (Å²) < 4.78 is 38.6. The van der Waals surface area contributed by atoms with Crippen LogP contribution in [0.3, 0.4) is 0 Å². The second-order valence-corrected chi connectivity index (χ2v) is 2.14. The van der Waals surface area contributed by atoms with Gasteiger partial charge in [0, 0.05) is 0 Å². The highest BCUT2D eigenvalue weighted by atomic mass is 19.4. The quantitative estimate of drug-likeness (QED) is 0.604. The van der Waals surface area contributed by atoms with Crippen LogP contribution in [-0.4, -0.2) is 12.5 Å². The molecule has 0 rings (SSSR count). The Morgan fingerprint density at radius 1 is 1.50 bits per heavy atom. The minimum absolute atomic E-state index is 0.194. The van der Waals surface area contributed by atoms with Gasteiger partial charge < -0.3 is 0 Å². The molecule has 12 heavy (non-hydrogen) atoms. The first-order chi connectivity index (χ1) is 5.49. The molecule has 0 amide bonds. The van der Waals surface area contributed by atoms with Gasteiger partial charge in [0.25, 0.3) is 0 Å². The summed E-state index contributed by atoms with van der Waals surface area (Å²) in [5.74, 6) is 0. The van der Waals surface area contributed by atoms with E-state index in [1.54, 1.807) is 19.1 Å². The van der Waals surface area contributed by atoms with Crippen molar-refractivity contribution >= 4 is 0 Å². The highest BCUT2D eigenvalue weighted by molar-refractivity contribution is 4.89. The Morgan fingerprint density at radius 2 is 2.08 bits per heavy atom. The Bertz CT molecular complexity index is 160. The predicted molar refractivity (Wildman–Crippen MR) is 40.6 cm³/mol. The van der Waals surface area contributed by atoms with Gasteiger partial charge >= 0.3 is 6.36 Å². The van der Waals surface area contributed by atoms with E-state index in [9.17, 15) is 13.2 Å². The first kappa shape index (κ1) is 11.2. The summed E-state index contributed by atoms with van der Waals surface area (Å²) in [7, 11) is 0. The number of hydrogen-bond acceptors (Lipinski definition) is 1. The van der Waals surface area contributed by atoms with E-state index in [1.165, 1.54) is 0 Å². The normalized spacial score (nSPS) is 15.0. The molecule has 1 atom stereocenters. The molecule has 0 aromatic rings. The van der Waals surface area contributed by atoms with Gasteiger partial charge in [-0.05, 0) is 13.3 Å². The third-order valence-corrected chi connectivity index (χ3v) is 1.15. The van der Waals surface area contributed by atoms with Crippen molar-refractivity contribution in [3.8, 4) is 0 Å². The fourth-order valence-electron chi connectivity index (χ4n) is 0.634. The lowest BCUT2D eigenvalue weighted by Gasteiger charge is -2.13. The molecule has 1 nitrogen and oxygen atoms in total. The Hall–Kier alpha value is -0.770. The molecule has 0 aromatic heterocycles. The molecule has 0 N–H and O–H groups in total. The van der Waals surface area contributed by atoms with E-state index in [1.807, 2.05) is 0 Å². The third kappa shape index (κ3) is 5.97. The van der Waals surface area contributed by atoms with Crippen molar-refractivity contribution in [2.24, 2.45) is 0 Å². The number of hydrogen-bond donors (Lipinski definition) is 0. The molecule has 0 aromatic carbocycles. The maximum Gasteiger partial charge on any atom is 0.523 e. The lowest BCUT2D eigenvalue weighted by molar-refractivity contribution is -0.335. The molecule has 0 aliphatic carbocycles. The zero-order valence-electron chi connectivity index (χ0n) is 6.77. The van der Waals surface area contributed by atoms with Gasteiger partial charge in [-0.3, -0.25) is 4.74 Å². The minimum atomic E-state index is -4.58. The van der Waals surface area contributed by atoms with E-state index in [4.69, 9.17) is 0 Å². The van der Waals surface area contributed by atoms with Crippen molar-refractivity contribution in [3.05, 3.63) is 24.8 Å². The predicted octanol–water partition coefficient (Wildman–Crippen LogP) is 3.04. The van der Waals surface area contributed by atoms with Gasteiger partial charge in [0.2, 0.25) is 0 Å². The van der Waals surface area contributed by atoms with Gasteiger partial charge in [-0.15, -0.1) is 19.8 Å². The second-order valence-electron chi connectivity index (χ2n) is 2.14. The summed E-state index contributed by atoms with van der Waals surface area (Å²) in [4.78, 5) is 0. The molecule has 0 aliphatic rings. The second kappa shape index (κ2) is 4.98. The number of alkyl halides is 3. The topological polar surface area (TPSA) is 9.23 Å². The van der Waals surface area contributed by atoms with Gasteiger partial charge in [0.05, 0.1) is 6.10 Å². The van der Waals surface area contributed by atoms with Crippen LogP contribution < -0.4 is 0 Å². The Labute approximate surface area is 69.5 Å². The van der Waals surface area contributed by atoms with Crippen LogP contribution in [0.5, 0.6) is 0 Å². The lowest BCUT2D eigenvalue weighted by Crippen LogP contribution is -2.21. The molecule has 0 saturated carbocycles. The molecule has 0 radical (unpaired) electrons. The van der Waals surface area contributed by atoms with Crippen molar-refractivity contribution in [1.82, 2.24) is 0 Å². The van der Waals surface area contributed by atoms with Crippen LogP contribution >= 0.6 is 0 Å². The molecule has 1 unspecified atom stereocenters. The molecular weight excluding hydrogens is 169 g/mol. The average Bonchev–Trinajstić information content (AvgIpc) is 1.95. The van der Waals surface area contributed by atoms with Gasteiger partial charge in [0.15, 0.2) is 0 Å². The van der Waals surface area contributed by atoms with Crippen LogP contribution in [0.2, 0.25) is 0 Å². The summed E-state index contributed by atoms with van der Waals surface area (Å²) in [6.07, 6.45) is -0.983. The first-order valence-corrected chi connectivity index (χ1v) is 3.48. The number of allylic oxidation sites excluding steroid dienone is 1. The van der Waals surface area contributed by atoms with Crippen LogP contribution in [0.1, 0.15) is 13.3 Å². The summed E-state index contributed by atoms with van der Waals surface area (Å²) in [6, 6.07) is 0. The highest BCUT2D eigenvalue weighted by Crippen LogP contribution is 2.20. The maximum absolute atomic E-state index is 11.6. The minimum Gasteiger partial charge on any atom is -0.284 e. The zero-order valence-corrected chi connectivity index (χ0v) is 6.77. The van der Waals surface area contributed by atoms with Crippen LogP contribution in [0.25, 0.3) is 0 Å². The fourth-order valence-corrected chi connectivity index (χ4v) is 0.634. The van der Waals surface area contributed by atoms with Gasteiger partial charge in [-0.2, -0.15) is 0 Å². The van der Waals surface area contributed by atoms with Gasteiger partial charge in [0.1, 0.15) is 0 Å². The average molecular weight is 180 g/mol. The molecule has 0 heterocycles. The zero-order chi connectivity index (χ0) is 9.61. The molecule has 70 valence electrons. The van der Waals surface area contributed by atoms with Gasteiger partial charge in [-0.25, -0.2) is 0 Å². The van der Waals surface area contributed by atoms with Crippen LogP contribution in [-0.2, 0) is 4.74 Å². The molecule has 0 aliphatic heterocycles. The summed E-state index contributed by atoms with van der Waals surface area (Å²) in [6.45, 7) is 4.97. The number of rotatable bonds is 4. The molecule has 0 saturated heterocycles. The lowest BCUT2D eigenvalue weighted by atomic mass is 10.2. The van der Waals surface area contributed by atoms with E-state index in [0.29, 0.717) is 0 Å². The Kier molecular flexibility index (Phi) is 4.66. The molecule has 0 spiro atoms. The fraction of sp³-hybridized carbons (Fsp3) is 0.500. The van der Waals surface area contributed by atoms with Crippen LogP contribution in [0.4, 0.5) is 13.2 Å². The van der Waals surface area contributed by atoms with Crippen molar-refractivity contribution in [2.75, 3.05) is 0 Å². The highest BCUT2D eigenvalue weighted by Gasteiger charge is 2.31. The van der Waals surface area contributed by atoms with E-state index in [2.05, 4.69) is 11.3 Å². The van der Waals surface area contributed by atoms with Crippen molar-refractivity contribution in [3.63, 3.8) is 0 Å². The van der Waals surface area contributed by atoms with E-state index < -0.39 is 12.5 Å². The van der Waals surface area contributed by atoms with Crippen molar-refractivity contribution in [1.29, 1.82) is 0 Å². The maximum atomic E-state index is 11.6. The van der Waals surface area contributed by atoms with E-state index >= 15 is 0 Å². The standard InChI is InChI=1S/C8H11F3O/c1-3-5-6-7(4-2)12-8(9,10)11/h3-5,7H,2,6H2,1H3/b5-3+. The number of ether oxygens (including phenoxy) is 1. The smallest absolute Gasteiger partial charge is 0.284 e. The van der Waals surface area contributed by atoms with Crippen molar-refractivity contribution < 1.29 is 17.9 Å². The molecule has 4 heteroatoms. The van der Waals surface area contributed by atoms with E-state index in [-0.39, 0.29) is 6.42 Å².